The van der Waals surface area contributed by atoms with Crippen LogP contribution in [0.4, 0.5) is 0 Å². The Morgan fingerprint density at radius 1 is 1.24 bits per heavy atom. The summed E-state index contributed by atoms with van der Waals surface area (Å²) in [4.78, 5) is 3.51. The minimum atomic E-state index is 1.09. The second kappa shape index (κ2) is 5.72. The van der Waals surface area contributed by atoms with Crippen molar-refractivity contribution >= 4 is 16.5 Å². The standard InChI is InChI=1S/C16H21N/c1-3-5-6-9-13(4-2)16-12-14-10-7-8-11-15(14)17-16/h7-12,17H,3-6H2,1-2H3/b13-9+. The van der Waals surface area contributed by atoms with Gasteiger partial charge in [0.1, 0.15) is 0 Å². The third-order valence-electron chi connectivity index (χ3n) is 3.21. The summed E-state index contributed by atoms with van der Waals surface area (Å²) in [5.74, 6) is 0. The summed E-state index contributed by atoms with van der Waals surface area (Å²) in [5.41, 5.74) is 3.96. The maximum Gasteiger partial charge on any atom is 0.0458 e. The molecular weight excluding hydrogens is 206 g/mol. The van der Waals surface area contributed by atoms with E-state index in [1.165, 1.54) is 41.4 Å². The molecule has 0 aliphatic heterocycles. The molecule has 0 amide bonds. The summed E-state index contributed by atoms with van der Waals surface area (Å²) in [5, 5.41) is 1.30. The molecule has 1 N–H and O–H groups in total. The van der Waals surface area contributed by atoms with Crippen molar-refractivity contribution in [3.63, 3.8) is 0 Å². The Morgan fingerprint density at radius 2 is 2.06 bits per heavy atom. The van der Waals surface area contributed by atoms with Gasteiger partial charge in [0.25, 0.3) is 0 Å². The van der Waals surface area contributed by atoms with E-state index in [2.05, 4.69) is 55.2 Å². The lowest BCUT2D eigenvalue weighted by atomic mass is 10.1. The van der Waals surface area contributed by atoms with Gasteiger partial charge in [0, 0.05) is 11.2 Å². The molecule has 2 aromatic rings. The number of hydrogen-bond acceptors (Lipinski definition) is 0. The van der Waals surface area contributed by atoms with Gasteiger partial charge in [0.2, 0.25) is 0 Å². The van der Waals surface area contributed by atoms with Crippen LogP contribution in [0.3, 0.4) is 0 Å². The van der Waals surface area contributed by atoms with Gasteiger partial charge < -0.3 is 4.98 Å². The summed E-state index contributed by atoms with van der Waals surface area (Å²) >= 11 is 0. The van der Waals surface area contributed by atoms with Crippen molar-refractivity contribution in [2.45, 2.75) is 39.5 Å². The Balaban J connectivity index is 2.27. The van der Waals surface area contributed by atoms with E-state index >= 15 is 0 Å². The van der Waals surface area contributed by atoms with Crippen LogP contribution in [0.1, 0.15) is 45.2 Å². The zero-order chi connectivity index (χ0) is 12.1. The first-order chi connectivity index (χ1) is 8.35. The molecule has 0 aliphatic rings. The topological polar surface area (TPSA) is 15.8 Å². The van der Waals surface area contributed by atoms with E-state index in [1.807, 2.05) is 0 Å². The van der Waals surface area contributed by atoms with E-state index in [1.54, 1.807) is 0 Å². The van der Waals surface area contributed by atoms with Gasteiger partial charge in [-0.25, -0.2) is 0 Å². The Morgan fingerprint density at radius 3 is 2.76 bits per heavy atom. The maximum atomic E-state index is 3.51. The van der Waals surface area contributed by atoms with Gasteiger partial charge in [-0.1, -0.05) is 51.0 Å². The molecule has 0 spiro atoms. The van der Waals surface area contributed by atoms with Gasteiger partial charge in [-0.3, -0.25) is 0 Å². The van der Waals surface area contributed by atoms with E-state index in [0.29, 0.717) is 0 Å². The van der Waals surface area contributed by atoms with Crippen LogP contribution < -0.4 is 0 Å². The molecule has 2 rings (SSSR count). The molecule has 1 nitrogen and oxygen atoms in total. The van der Waals surface area contributed by atoms with Crippen molar-refractivity contribution < 1.29 is 0 Å². The normalized spacial score (nSPS) is 12.2. The number of H-pyrrole nitrogens is 1. The molecule has 0 radical (unpaired) electrons. The Kier molecular flexibility index (Phi) is 4.03. The van der Waals surface area contributed by atoms with Gasteiger partial charge in [0.15, 0.2) is 0 Å². The molecule has 0 saturated heterocycles. The van der Waals surface area contributed by atoms with Crippen molar-refractivity contribution in [1.29, 1.82) is 0 Å². The molecule has 0 fully saturated rings. The number of rotatable bonds is 5. The fourth-order valence-electron chi connectivity index (χ4n) is 2.17. The number of benzene rings is 1. The fraction of sp³-hybridized carbons (Fsp3) is 0.375. The Bertz CT molecular complexity index is 472. The average Bonchev–Trinajstić information content (AvgIpc) is 2.78. The van der Waals surface area contributed by atoms with E-state index in [-0.39, 0.29) is 0 Å². The summed E-state index contributed by atoms with van der Waals surface area (Å²) in [7, 11) is 0. The van der Waals surface area contributed by atoms with Crippen LogP contribution >= 0.6 is 0 Å². The predicted octanol–water partition coefficient (Wildman–Crippen LogP) is 5.15. The molecule has 0 atom stereocenters. The molecule has 0 saturated carbocycles. The SMILES string of the molecule is CCCC/C=C(\CC)c1cc2ccccc2[nH]1. The van der Waals surface area contributed by atoms with Gasteiger partial charge in [-0.05, 0) is 35.9 Å². The molecule has 1 heteroatoms. The smallest absolute Gasteiger partial charge is 0.0458 e. The zero-order valence-electron chi connectivity index (χ0n) is 10.8. The molecule has 0 aliphatic carbocycles. The monoisotopic (exact) mass is 227 g/mol. The van der Waals surface area contributed by atoms with E-state index < -0.39 is 0 Å². The second-order valence-electron chi connectivity index (χ2n) is 4.50. The van der Waals surface area contributed by atoms with Crippen LogP contribution in [0.15, 0.2) is 36.4 Å². The Hall–Kier alpha value is -1.50. The van der Waals surface area contributed by atoms with Crippen molar-refractivity contribution in [3.05, 3.63) is 42.1 Å². The van der Waals surface area contributed by atoms with Crippen LogP contribution in [0.25, 0.3) is 16.5 Å². The lowest BCUT2D eigenvalue weighted by Gasteiger charge is -2.01. The maximum absolute atomic E-state index is 3.51. The highest BCUT2D eigenvalue weighted by atomic mass is 14.7. The first kappa shape index (κ1) is 12.0. The Labute approximate surface area is 104 Å². The summed E-state index contributed by atoms with van der Waals surface area (Å²) < 4.78 is 0. The van der Waals surface area contributed by atoms with E-state index in [0.717, 1.165) is 6.42 Å². The molecule has 17 heavy (non-hydrogen) atoms. The minimum Gasteiger partial charge on any atom is -0.355 e. The number of hydrogen-bond donors (Lipinski definition) is 1. The minimum absolute atomic E-state index is 1.09. The highest BCUT2D eigenvalue weighted by Crippen LogP contribution is 2.23. The fourth-order valence-corrected chi connectivity index (χ4v) is 2.17. The van der Waals surface area contributed by atoms with Crippen molar-refractivity contribution in [2.75, 3.05) is 0 Å². The molecule has 1 aromatic heterocycles. The number of aromatic nitrogens is 1. The van der Waals surface area contributed by atoms with Gasteiger partial charge in [-0.15, -0.1) is 0 Å². The first-order valence-corrected chi connectivity index (χ1v) is 6.62. The third kappa shape index (κ3) is 2.79. The number of allylic oxidation sites excluding steroid dienone is 2. The van der Waals surface area contributed by atoms with Gasteiger partial charge in [0.05, 0.1) is 0 Å². The summed E-state index contributed by atoms with van der Waals surface area (Å²) in [6, 6.07) is 10.7. The lowest BCUT2D eigenvalue weighted by Crippen LogP contribution is -1.83. The van der Waals surface area contributed by atoms with E-state index in [4.69, 9.17) is 0 Å². The summed E-state index contributed by atoms with van der Waals surface area (Å²) in [6.07, 6.45) is 7.21. The average molecular weight is 227 g/mol. The van der Waals surface area contributed by atoms with Crippen LogP contribution in [0.5, 0.6) is 0 Å². The van der Waals surface area contributed by atoms with Crippen LogP contribution in [0.2, 0.25) is 0 Å². The summed E-state index contributed by atoms with van der Waals surface area (Å²) in [6.45, 7) is 4.46. The number of fused-ring (bicyclic) bond motifs is 1. The number of aromatic amines is 1. The van der Waals surface area contributed by atoms with Crippen molar-refractivity contribution in [1.82, 2.24) is 4.98 Å². The van der Waals surface area contributed by atoms with Gasteiger partial charge in [-0.2, -0.15) is 0 Å². The predicted molar refractivity (Wildman–Crippen MR) is 76.1 cm³/mol. The number of para-hydroxylation sites is 1. The van der Waals surface area contributed by atoms with Crippen molar-refractivity contribution in [2.24, 2.45) is 0 Å². The molecule has 0 bridgehead atoms. The van der Waals surface area contributed by atoms with Crippen LogP contribution in [-0.2, 0) is 0 Å². The molecular formula is C16H21N. The van der Waals surface area contributed by atoms with Crippen LogP contribution in [-0.4, -0.2) is 4.98 Å². The first-order valence-electron chi connectivity index (χ1n) is 6.62. The lowest BCUT2D eigenvalue weighted by molar-refractivity contribution is 0.814. The zero-order valence-corrected chi connectivity index (χ0v) is 10.8. The molecule has 0 unspecified atom stereocenters. The number of nitrogens with one attached hydrogen (secondary N) is 1. The third-order valence-corrected chi connectivity index (χ3v) is 3.21. The molecule has 1 heterocycles. The quantitative estimate of drug-likeness (QED) is 0.680. The van der Waals surface area contributed by atoms with Gasteiger partial charge >= 0.3 is 0 Å². The highest BCUT2D eigenvalue weighted by molar-refractivity contribution is 5.84. The largest absolute Gasteiger partial charge is 0.355 e. The highest BCUT2D eigenvalue weighted by Gasteiger charge is 2.03. The van der Waals surface area contributed by atoms with Crippen LogP contribution in [0, 0.1) is 0 Å². The van der Waals surface area contributed by atoms with E-state index in [9.17, 15) is 0 Å². The molecule has 1 aromatic carbocycles. The molecule has 90 valence electrons. The second-order valence-corrected chi connectivity index (χ2v) is 4.50. The van der Waals surface area contributed by atoms with Crippen molar-refractivity contribution in [3.8, 4) is 0 Å². The number of unbranched alkanes of at least 4 members (excludes halogenated alkanes) is 2.